The van der Waals surface area contributed by atoms with Gasteiger partial charge in [0.1, 0.15) is 17.2 Å². The second kappa shape index (κ2) is 5.27. The predicted octanol–water partition coefficient (Wildman–Crippen LogP) is 3.72. The van der Waals surface area contributed by atoms with Gasteiger partial charge in [0.15, 0.2) is 5.65 Å². The third kappa shape index (κ3) is 2.43. The van der Waals surface area contributed by atoms with Crippen LogP contribution in [-0.2, 0) is 0 Å². The second-order valence-electron chi connectivity index (χ2n) is 6.64. The molecule has 1 fully saturated rings. The lowest BCUT2D eigenvalue weighted by molar-refractivity contribution is 0.451. The minimum Gasteiger partial charge on any atom is -0.335 e. The molecule has 1 aromatic carbocycles. The van der Waals surface area contributed by atoms with Gasteiger partial charge >= 0.3 is 0 Å². The summed E-state index contributed by atoms with van der Waals surface area (Å²) in [5, 5.41) is 8.83. The molecule has 1 atom stereocenters. The number of fused-ring (bicyclic) bond motifs is 1. The number of imidazole rings is 1. The number of H-pyrrole nitrogens is 1. The standard InChI is InChI=1S/C18H17FN6/c1-11(12-2-3-12)25-18-16(9-21-25)22-17(23-18)13-8-20-24(10-13)15-6-4-14(19)5-7-15/h4-12H,2-3H2,1H3,(H,22,23). The van der Waals surface area contributed by atoms with Gasteiger partial charge in [-0.15, -0.1) is 0 Å². The Bertz CT molecular complexity index is 1040. The van der Waals surface area contributed by atoms with E-state index in [1.54, 1.807) is 23.0 Å². The van der Waals surface area contributed by atoms with Gasteiger partial charge in [0.05, 0.1) is 29.7 Å². The molecule has 6 nitrogen and oxygen atoms in total. The molecule has 1 aliphatic carbocycles. The lowest BCUT2D eigenvalue weighted by Crippen LogP contribution is -2.08. The largest absolute Gasteiger partial charge is 0.335 e. The van der Waals surface area contributed by atoms with E-state index in [-0.39, 0.29) is 5.82 Å². The van der Waals surface area contributed by atoms with Gasteiger partial charge in [0.2, 0.25) is 0 Å². The molecule has 1 N–H and O–H groups in total. The monoisotopic (exact) mass is 336 g/mol. The van der Waals surface area contributed by atoms with Crippen molar-refractivity contribution >= 4 is 11.2 Å². The normalized spacial score (nSPS) is 15.8. The third-order valence-electron chi connectivity index (χ3n) is 4.88. The number of nitrogens with one attached hydrogen (secondary N) is 1. The van der Waals surface area contributed by atoms with Crippen LogP contribution < -0.4 is 0 Å². The maximum atomic E-state index is 13.1. The molecule has 25 heavy (non-hydrogen) atoms. The lowest BCUT2D eigenvalue weighted by Gasteiger charge is -2.10. The van der Waals surface area contributed by atoms with E-state index in [0.29, 0.717) is 12.0 Å². The molecule has 1 unspecified atom stereocenters. The molecule has 0 spiro atoms. The Morgan fingerprint density at radius 1 is 1.16 bits per heavy atom. The zero-order valence-corrected chi connectivity index (χ0v) is 13.7. The van der Waals surface area contributed by atoms with Gasteiger partial charge in [-0.2, -0.15) is 10.2 Å². The summed E-state index contributed by atoms with van der Waals surface area (Å²) in [6.07, 6.45) is 8.00. The molecule has 4 aromatic rings. The van der Waals surface area contributed by atoms with E-state index < -0.39 is 0 Å². The van der Waals surface area contributed by atoms with Crippen LogP contribution in [0.25, 0.3) is 28.2 Å². The Morgan fingerprint density at radius 3 is 2.72 bits per heavy atom. The fraction of sp³-hybridized carbons (Fsp3) is 0.278. The topological polar surface area (TPSA) is 64.3 Å². The van der Waals surface area contributed by atoms with Crippen molar-refractivity contribution in [1.82, 2.24) is 29.5 Å². The summed E-state index contributed by atoms with van der Waals surface area (Å²) in [5.74, 6) is 1.21. The van der Waals surface area contributed by atoms with Gasteiger partial charge in [-0.25, -0.2) is 18.7 Å². The second-order valence-corrected chi connectivity index (χ2v) is 6.64. The molecule has 126 valence electrons. The van der Waals surface area contributed by atoms with Crippen LogP contribution >= 0.6 is 0 Å². The van der Waals surface area contributed by atoms with Gasteiger partial charge < -0.3 is 4.98 Å². The molecule has 0 radical (unpaired) electrons. The number of nitrogens with zero attached hydrogens (tertiary/aromatic N) is 5. The summed E-state index contributed by atoms with van der Waals surface area (Å²) in [6, 6.07) is 6.60. The minimum absolute atomic E-state index is 0.261. The van der Waals surface area contributed by atoms with Gasteiger partial charge in [-0.1, -0.05) is 0 Å². The van der Waals surface area contributed by atoms with Gasteiger partial charge in [-0.05, 0) is 49.9 Å². The Morgan fingerprint density at radius 2 is 1.96 bits per heavy atom. The van der Waals surface area contributed by atoms with Crippen LogP contribution in [0.4, 0.5) is 4.39 Å². The molecule has 7 heteroatoms. The van der Waals surface area contributed by atoms with Crippen molar-refractivity contribution in [2.45, 2.75) is 25.8 Å². The molecule has 0 aliphatic heterocycles. The number of hydrogen-bond donors (Lipinski definition) is 1. The van der Waals surface area contributed by atoms with E-state index in [0.717, 1.165) is 28.2 Å². The van der Waals surface area contributed by atoms with Crippen LogP contribution in [0, 0.1) is 11.7 Å². The summed E-state index contributed by atoms with van der Waals surface area (Å²) >= 11 is 0. The van der Waals surface area contributed by atoms with Crippen LogP contribution in [0.3, 0.4) is 0 Å². The first kappa shape index (κ1) is 14.4. The van der Waals surface area contributed by atoms with Crippen molar-refractivity contribution in [3.8, 4) is 17.1 Å². The lowest BCUT2D eigenvalue weighted by atomic mass is 10.2. The highest BCUT2D eigenvalue weighted by Crippen LogP contribution is 2.40. The number of benzene rings is 1. The van der Waals surface area contributed by atoms with E-state index in [4.69, 9.17) is 4.98 Å². The van der Waals surface area contributed by atoms with Crippen LogP contribution in [0.2, 0.25) is 0 Å². The first-order valence-corrected chi connectivity index (χ1v) is 8.43. The molecule has 0 saturated heterocycles. The maximum absolute atomic E-state index is 13.1. The van der Waals surface area contributed by atoms with E-state index in [2.05, 4.69) is 22.1 Å². The van der Waals surface area contributed by atoms with Crippen molar-refractivity contribution in [1.29, 1.82) is 0 Å². The summed E-state index contributed by atoms with van der Waals surface area (Å²) in [5.41, 5.74) is 3.49. The first-order chi connectivity index (χ1) is 12.2. The number of aromatic nitrogens is 6. The number of aromatic amines is 1. The molecule has 0 bridgehead atoms. The predicted molar refractivity (Wildman–Crippen MR) is 91.8 cm³/mol. The molecule has 3 heterocycles. The van der Waals surface area contributed by atoms with Crippen LogP contribution in [0.15, 0.2) is 42.9 Å². The highest BCUT2D eigenvalue weighted by atomic mass is 19.1. The fourth-order valence-corrected chi connectivity index (χ4v) is 3.21. The summed E-state index contributed by atoms with van der Waals surface area (Å²) < 4.78 is 16.8. The number of hydrogen-bond acceptors (Lipinski definition) is 3. The van der Waals surface area contributed by atoms with Crippen molar-refractivity contribution in [2.75, 3.05) is 0 Å². The quantitative estimate of drug-likeness (QED) is 0.618. The highest BCUT2D eigenvalue weighted by molar-refractivity contribution is 5.75. The van der Waals surface area contributed by atoms with Crippen molar-refractivity contribution in [3.05, 3.63) is 48.7 Å². The summed E-state index contributed by atoms with van der Waals surface area (Å²) in [6.45, 7) is 2.20. The summed E-state index contributed by atoms with van der Waals surface area (Å²) in [4.78, 5) is 8.04. The van der Waals surface area contributed by atoms with E-state index in [9.17, 15) is 4.39 Å². The van der Waals surface area contributed by atoms with Gasteiger partial charge in [0.25, 0.3) is 0 Å². The molecular formula is C18H17FN6. The molecular weight excluding hydrogens is 319 g/mol. The van der Waals surface area contributed by atoms with E-state index in [1.165, 1.54) is 25.0 Å². The minimum atomic E-state index is -0.261. The van der Waals surface area contributed by atoms with Crippen LogP contribution in [0.5, 0.6) is 0 Å². The highest BCUT2D eigenvalue weighted by Gasteiger charge is 2.31. The fourth-order valence-electron chi connectivity index (χ4n) is 3.21. The van der Waals surface area contributed by atoms with Crippen molar-refractivity contribution in [2.24, 2.45) is 5.92 Å². The smallest absolute Gasteiger partial charge is 0.177 e. The molecule has 3 aromatic heterocycles. The Hall–Kier alpha value is -2.96. The number of halogens is 1. The molecule has 5 rings (SSSR count). The summed E-state index contributed by atoms with van der Waals surface area (Å²) in [7, 11) is 0. The van der Waals surface area contributed by atoms with E-state index in [1.807, 2.05) is 17.1 Å². The van der Waals surface area contributed by atoms with Crippen LogP contribution in [-0.4, -0.2) is 29.5 Å². The first-order valence-electron chi connectivity index (χ1n) is 8.43. The zero-order valence-electron chi connectivity index (χ0n) is 13.7. The Labute approximate surface area is 143 Å². The van der Waals surface area contributed by atoms with Crippen molar-refractivity contribution < 1.29 is 4.39 Å². The van der Waals surface area contributed by atoms with Gasteiger partial charge in [-0.3, -0.25) is 0 Å². The number of rotatable bonds is 4. The SMILES string of the molecule is CC(C1CC1)n1ncc2[nH]c(-c3cnn(-c4ccc(F)cc4)c3)nc21. The third-order valence-corrected chi connectivity index (χ3v) is 4.88. The molecule has 0 amide bonds. The molecule has 1 aliphatic rings. The maximum Gasteiger partial charge on any atom is 0.177 e. The average Bonchev–Trinajstić information content (AvgIpc) is 3.03. The average molecular weight is 336 g/mol. The molecule has 1 saturated carbocycles. The van der Waals surface area contributed by atoms with Crippen molar-refractivity contribution in [3.63, 3.8) is 0 Å². The van der Waals surface area contributed by atoms with E-state index >= 15 is 0 Å². The van der Waals surface area contributed by atoms with Gasteiger partial charge in [0, 0.05) is 6.20 Å². The van der Waals surface area contributed by atoms with Crippen LogP contribution in [0.1, 0.15) is 25.8 Å². The Kier molecular flexibility index (Phi) is 3.03. The zero-order chi connectivity index (χ0) is 17.0. The Balaban J connectivity index is 1.50.